The summed E-state index contributed by atoms with van der Waals surface area (Å²) in [4.78, 5) is 20.8. The van der Waals surface area contributed by atoms with Crippen LogP contribution in [-0.2, 0) is 0 Å². The number of piperidine rings is 1. The van der Waals surface area contributed by atoms with Crippen LogP contribution in [0.25, 0.3) is 0 Å². The molecule has 120 valence electrons. The van der Waals surface area contributed by atoms with E-state index in [0.29, 0.717) is 11.6 Å². The van der Waals surface area contributed by atoms with Crippen molar-refractivity contribution in [3.05, 3.63) is 29.3 Å². The summed E-state index contributed by atoms with van der Waals surface area (Å²) in [6.45, 7) is 3.71. The second kappa shape index (κ2) is 8.18. The molecule has 1 aliphatic heterocycles. The van der Waals surface area contributed by atoms with Crippen molar-refractivity contribution in [2.75, 3.05) is 25.0 Å². The number of unbranched alkanes of at least 4 members (excludes halogenated alkanes) is 1. The van der Waals surface area contributed by atoms with E-state index in [9.17, 15) is 4.79 Å². The Balaban J connectivity index is 2.23. The van der Waals surface area contributed by atoms with Crippen molar-refractivity contribution in [1.29, 1.82) is 0 Å². The van der Waals surface area contributed by atoms with Crippen molar-refractivity contribution in [2.24, 2.45) is 4.99 Å². The SMILES string of the molecule is CCCCN(C(=O)/N=C1/CCCCN1C)c1ccccc1Cl. The molecule has 2 amide bonds. The lowest BCUT2D eigenvalue weighted by atomic mass is 10.1. The molecule has 1 saturated heterocycles. The van der Waals surface area contributed by atoms with Crippen LogP contribution in [0, 0.1) is 0 Å². The Morgan fingerprint density at radius 2 is 2.14 bits per heavy atom. The summed E-state index contributed by atoms with van der Waals surface area (Å²) in [5.41, 5.74) is 0.741. The zero-order valence-corrected chi connectivity index (χ0v) is 14.1. The van der Waals surface area contributed by atoms with Gasteiger partial charge < -0.3 is 4.90 Å². The predicted octanol–water partition coefficient (Wildman–Crippen LogP) is 4.58. The zero-order valence-electron chi connectivity index (χ0n) is 13.4. The minimum atomic E-state index is -0.217. The number of halogens is 1. The predicted molar refractivity (Wildman–Crippen MR) is 93.0 cm³/mol. The number of benzene rings is 1. The number of likely N-dealkylation sites (tertiary alicyclic amines) is 1. The molecule has 5 heteroatoms. The molecule has 4 nitrogen and oxygen atoms in total. The lowest BCUT2D eigenvalue weighted by Gasteiger charge is -2.27. The Morgan fingerprint density at radius 1 is 1.36 bits per heavy atom. The summed E-state index contributed by atoms with van der Waals surface area (Å²) >= 11 is 6.26. The molecule has 1 aromatic carbocycles. The fourth-order valence-corrected chi connectivity index (χ4v) is 2.81. The summed E-state index contributed by atoms with van der Waals surface area (Å²) in [6.07, 6.45) is 5.07. The van der Waals surface area contributed by atoms with E-state index in [1.165, 1.54) is 0 Å². The van der Waals surface area contributed by atoms with Gasteiger partial charge in [-0.1, -0.05) is 37.1 Å². The van der Waals surface area contributed by atoms with E-state index in [1.54, 1.807) is 4.90 Å². The molecule has 0 radical (unpaired) electrons. The first-order chi connectivity index (χ1) is 10.6. The van der Waals surface area contributed by atoms with Crippen molar-refractivity contribution in [3.8, 4) is 0 Å². The molecule has 1 heterocycles. The minimum Gasteiger partial charge on any atom is -0.363 e. The smallest absolute Gasteiger partial charge is 0.349 e. The van der Waals surface area contributed by atoms with E-state index in [4.69, 9.17) is 11.6 Å². The Labute approximate surface area is 137 Å². The number of aliphatic imine (C=N–C) groups is 1. The highest BCUT2D eigenvalue weighted by Gasteiger charge is 2.20. The van der Waals surface area contributed by atoms with E-state index >= 15 is 0 Å². The van der Waals surface area contributed by atoms with Crippen LogP contribution >= 0.6 is 11.6 Å². The number of nitrogens with zero attached hydrogens (tertiary/aromatic N) is 3. The second-order valence-electron chi connectivity index (χ2n) is 5.65. The summed E-state index contributed by atoms with van der Waals surface area (Å²) in [5, 5.41) is 0.587. The van der Waals surface area contributed by atoms with Crippen LogP contribution in [0.5, 0.6) is 0 Å². The normalized spacial score (nSPS) is 16.9. The highest BCUT2D eigenvalue weighted by molar-refractivity contribution is 6.33. The van der Waals surface area contributed by atoms with Crippen molar-refractivity contribution in [3.63, 3.8) is 0 Å². The highest BCUT2D eigenvalue weighted by atomic mass is 35.5. The van der Waals surface area contributed by atoms with Crippen molar-refractivity contribution in [2.45, 2.75) is 39.0 Å². The number of para-hydroxylation sites is 1. The van der Waals surface area contributed by atoms with Crippen molar-refractivity contribution < 1.29 is 4.79 Å². The number of amidine groups is 1. The van der Waals surface area contributed by atoms with Gasteiger partial charge in [-0.2, -0.15) is 4.99 Å². The van der Waals surface area contributed by atoms with Gasteiger partial charge in [-0.25, -0.2) is 4.79 Å². The number of urea groups is 1. The van der Waals surface area contributed by atoms with E-state index in [-0.39, 0.29) is 6.03 Å². The number of rotatable bonds is 4. The monoisotopic (exact) mass is 321 g/mol. The number of carbonyl (C=O) groups excluding carboxylic acids is 1. The molecule has 0 unspecified atom stereocenters. The van der Waals surface area contributed by atoms with Crippen LogP contribution in [-0.4, -0.2) is 36.9 Å². The van der Waals surface area contributed by atoms with Gasteiger partial charge in [-0.15, -0.1) is 0 Å². The van der Waals surface area contributed by atoms with Crippen LogP contribution < -0.4 is 4.90 Å². The minimum absolute atomic E-state index is 0.217. The first-order valence-corrected chi connectivity index (χ1v) is 8.36. The largest absolute Gasteiger partial charge is 0.363 e. The number of amides is 2. The quantitative estimate of drug-likeness (QED) is 0.813. The van der Waals surface area contributed by atoms with Crippen LogP contribution in [0.2, 0.25) is 5.02 Å². The molecule has 0 aromatic heterocycles. The molecule has 0 N–H and O–H groups in total. The third kappa shape index (κ3) is 4.23. The zero-order chi connectivity index (χ0) is 15.9. The number of hydrogen-bond donors (Lipinski definition) is 0. The molecule has 0 aliphatic carbocycles. The molecule has 2 rings (SSSR count). The van der Waals surface area contributed by atoms with Crippen molar-refractivity contribution >= 4 is 29.2 Å². The Kier molecular flexibility index (Phi) is 6.25. The standard InChI is InChI=1S/C17H24ClN3O/c1-3-4-13-21(15-10-6-5-9-14(15)18)17(22)19-16-11-7-8-12-20(16)2/h5-6,9-10H,3-4,7-8,11-13H2,1-2H3/b19-16-. The molecule has 1 fully saturated rings. The molecule has 1 aromatic rings. The summed E-state index contributed by atoms with van der Waals surface area (Å²) in [5.74, 6) is 0.879. The molecule has 0 atom stereocenters. The molecular formula is C17H24ClN3O. The molecule has 0 saturated carbocycles. The highest BCUT2D eigenvalue weighted by Crippen LogP contribution is 2.26. The summed E-state index contributed by atoms with van der Waals surface area (Å²) in [7, 11) is 2.00. The third-order valence-electron chi connectivity index (χ3n) is 3.92. The van der Waals surface area contributed by atoms with Crippen LogP contribution in [0.4, 0.5) is 10.5 Å². The summed E-state index contributed by atoms with van der Waals surface area (Å²) in [6, 6.07) is 7.23. The van der Waals surface area contributed by atoms with Crippen LogP contribution in [0.15, 0.2) is 29.3 Å². The van der Waals surface area contributed by atoms with Gasteiger partial charge in [0.15, 0.2) is 0 Å². The third-order valence-corrected chi connectivity index (χ3v) is 4.24. The average Bonchev–Trinajstić information content (AvgIpc) is 2.51. The number of carbonyl (C=O) groups is 1. The summed E-state index contributed by atoms with van der Waals surface area (Å²) < 4.78 is 0. The van der Waals surface area contributed by atoms with Crippen LogP contribution in [0.1, 0.15) is 39.0 Å². The van der Waals surface area contributed by atoms with E-state index in [0.717, 1.165) is 50.2 Å². The van der Waals surface area contributed by atoms with Crippen LogP contribution in [0.3, 0.4) is 0 Å². The number of hydrogen-bond acceptors (Lipinski definition) is 1. The first-order valence-electron chi connectivity index (χ1n) is 7.98. The van der Waals surface area contributed by atoms with E-state index in [2.05, 4.69) is 16.8 Å². The van der Waals surface area contributed by atoms with Gasteiger partial charge in [0.2, 0.25) is 0 Å². The lowest BCUT2D eigenvalue weighted by Crippen LogP contribution is -2.36. The topological polar surface area (TPSA) is 35.9 Å². The molecule has 22 heavy (non-hydrogen) atoms. The first kappa shape index (κ1) is 16.8. The van der Waals surface area contributed by atoms with Gasteiger partial charge in [0.1, 0.15) is 5.84 Å². The van der Waals surface area contributed by atoms with E-state index in [1.807, 2.05) is 31.3 Å². The fourth-order valence-electron chi connectivity index (χ4n) is 2.57. The van der Waals surface area contributed by atoms with Gasteiger partial charge in [0.05, 0.1) is 10.7 Å². The van der Waals surface area contributed by atoms with Gasteiger partial charge in [-0.05, 0) is 31.4 Å². The number of anilines is 1. The molecule has 1 aliphatic rings. The van der Waals surface area contributed by atoms with Gasteiger partial charge in [0, 0.05) is 26.6 Å². The average molecular weight is 322 g/mol. The maximum absolute atomic E-state index is 12.7. The Morgan fingerprint density at radius 3 is 2.82 bits per heavy atom. The lowest BCUT2D eigenvalue weighted by molar-refractivity contribution is 0.253. The maximum atomic E-state index is 12.7. The van der Waals surface area contributed by atoms with Crippen molar-refractivity contribution in [1.82, 2.24) is 4.90 Å². The second-order valence-corrected chi connectivity index (χ2v) is 6.05. The fraction of sp³-hybridized carbons (Fsp3) is 0.529. The Hall–Kier alpha value is -1.55. The van der Waals surface area contributed by atoms with Gasteiger partial charge in [-0.3, -0.25) is 4.90 Å². The maximum Gasteiger partial charge on any atom is 0.349 e. The molecular weight excluding hydrogens is 298 g/mol. The van der Waals surface area contributed by atoms with Gasteiger partial charge >= 0.3 is 6.03 Å². The molecule has 0 spiro atoms. The van der Waals surface area contributed by atoms with E-state index < -0.39 is 0 Å². The molecule has 0 bridgehead atoms. The van der Waals surface area contributed by atoms with Gasteiger partial charge in [0.25, 0.3) is 0 Å². The Bertz CT molecular complexity index is 544.